The van der Waals surface area contributed by atoms with Crippen molar-refractivity contribution in [3.05, 3.63) is 0 Å². The van der Waals surface area contributed by atoms with Gasteiger partial charge in [-0.15, -0.1) is 0 Å². The van der Waals surface area contributed by atoms with E-state index in [0.29, 0.717) is 25.4 Å². The largest absolute Gasteiger partial charge is 0.465 e. The van der Waals surface area contributed by atoms with Gasteiger partial charge in [-0.3, -0.25) is 9.59 Å². The summed E-state index contributed by atoms with van der Waals surface area (Å²) in [6, 6.07) is 0. The molecule has 0 aromatic rings. The van der Waals surface area contributed by atoms with Crippen LogP contribution in [-0.4, -0.2) is 36.9 Å². The number of hydrogen-bond acceptors (Lipinski definition) is 5. The third-order valence-corrected chi connectivity index (χ3v) is 3.91. The normalized spacial score (nSPS) is 14.5. The van der Waals surface area contributed by atoms with Gasteiger partial charge >= 0.3 is 11.9 Å². The zero-order valence-electron chi connectivity index (χ0n) is 14.9. The van der Waals surface area contributed by atoms with Crippen molar-refractivity contribution in [1.82, 2.24) is 0 Å². The van der Waals surface area contributed by atoms with Gasteiger partial charge in [0.2, 0.25) is 0 Å². The number of hydrogen-bond donors (Lipinski definition) is 1. The van der Waals surface area contributed by atoms with Gasteiger partial charge in [-0.25, -0.2) is 0 Å². The maximum atomic E-state index is 12.3. The van der Waals surface area contributed by atoms with Crippen LogP contribution in [-0.2, 0) is 19.1 Å². The standard InChI is InChI=1S/C17H32O5/c1-7-17(6,15(20)22-11-9-18)12-16(4,5)14(19)21-10-8-13(2)3/h13,18H,7-12H2,1-6H3. The maximum absolute atomic E-state index is 12.3. The van der Waals surface area contributed by atoms with Gasteiger partial charge in [0, 0.05) is 0 Å². The summed E-state index contributed by atoms with van der Waals surface area (Å²) in [5.41, 5.74) is -1.53. The third kappa shape index (κ3) is 6.77. The molecule has 0 saturated heterocycles. The lowest BCUT2D eigenvalue weighted by Gasteiger charge is -2.33. The Morgan fingerprint density at radius 1 is 1.05 bits per heavy atom. The lowest BCUT2D eigenvalue weighted by molar-refractivity contribution is -0.163. The maximum Gasteiger partial charge on any atom is 0.311 e. The fraction of sp³-hybridized carbons (Fsp3) is 0.882. The van der Waals surface area contributed by atoms with Crippen LogP contribution in [0.1, 0.15) is 60.8 Å². The Hall–Kier alpha value is -1.10. The smallest absolute Gasteiger partial charge is 0.311 e. The molecule has 0 bridgehead atoms. The Morgan fingerprint density at radius 3 is 2.05 bits per heavy atom. The summed E-state index contributed by atoms with van der Waals surface area (Å²) >= 11 is 0. The van der Waals surface area contributed by atoms with Crippen LogP contribution < -0.4 is 0 Å². The summed E-state index contributed by atoms with van der Waals surface area (Å²) in [4.78, 5) is 24.4. The van der Waals surface area contributed by atoms with E-state index in [0.717, 1.165) is 6.42 Å². The molecular formula is C17H32O5. The molecule has 5 nitrogen and oxygen atoms in total. The van der Waals surface area contributed by atoms with E-state index >= 15 is 0 Å². The SMILES string of the molecule is CCC(C)(CC(C)(C)C(=O)OCCC(C)C)C(=O)OCCO. The quantitative estimate of drug-likeness (QED) is 0.627. The van der Waals surface area contributed by atoms with Crippen molar-refractivity contribution < 1.29 is 24.2 Å². The number of esters is 2. The summed E-state index contributed by atoms with van der Waals surface area (Å²) < 4.78 is 10.4. The summed E-state index contributed by atoms with van der Waals surface area (Å²) in [7, 11) is 0. The van der Waals surface area contributed by atoms with Crippen molar-refractivity contribution in [2.75, 3.05) is 19.8 Å². The molecule has 0 fully saturated rings. The second-order valence-electron chi connectivity index (χ2n) is 7.15. The van der Waals surface area contributed by atoms with Crippen molar-refractivity contribution in [2.24, 2.45) is 16.7 Å². The molecule has 0 aromatic heterocycles. The van der Waals surface area contributed by atoms with E-state index < -0.39 is 10.8 Å². The number of rotatable bonds is 10. The second-order valence-corrected chi connectivity index (χ2v) is 7.15. The highest BCUT2D eigenvalue weighted by Crippen LogP contribution is 2.38. The van der Waals surface area contributed by atoms with Crippen molar-refractivity contribution in [2.45, 2.75) is 60.8 Å². The number of aliphatic hydroxyl groups is 1. The van der Waals surface area contributed by atoms with E-state index in [-0.39, 0.29) is 25.2 Å². The average Bonchev–Trinajstić information content (AvgIpc) is 2.43. The van der Waals surface area contributed by atoms with Gasteiger partial charge in [-0.2, -0.15) is 0 Å². The average molecular weight is 316 g/mol. The van der Waals surface area contributed by atoms with Crippen LogP contribution in [0.15, 0.2) is 0 Å². The van der Waals surface area contributed by atoms with Crippen LogP contribution in [0.25, 0.3) is 0 Å². The Morgan fingerprint density at radius 2 is 1.59 bits per heavy atom. The Balaban J connectivity index is 4.74. The van der Waals surface area contributed by atoms with Gasteiger partial charge in [-0.05, 0) is 46.0 Å². The van der Waals surface area contributed by atoms with Crippen LogP contribution in [0.3, 0.4) is 0 Å². The van der Waals surface area contributed by atoms with Crippen LogP contribution in [0, 0.1) is 16.7 Å². The highest BCUT2D eigenvalue weighted by atomic mass is 16.5. The zero-order chi connectivity index (χ0) is 17.4. The van der Waals surface area contributed by atoms with Crippen molar-refractivity contribution in [3.8, 4) is 0 Å². The van der Waals surface area contributed by atoms with E-state index in [2.05, 4.69) is 13.8 Å². The van der Waals surface area contributed by atoms with E-state index in [9.17, 15) is 9.59 Å². The molecule has 5 heteroatoms. The molecule has 1 atom stereocenters. The first kappa shape index (κ1) is 20.9. The lowest BCUT2D eigenvalue weighted by atomic mass is 9.72. The molecule has 1 N–H and O–H groups in total. The summed E-state index contributed by atoms with van der Waals surface area (Å²) in [5.74, 6) is -0.194. The highest BCUT2D eigenvalue weighted by Gasteiger charge is 2.42. The lowest BCUT2D eigenvalue weighted by Crippen LogP contribution is -2.39. The molecule has 0 amide bonds. The Bertz CT molecular complexity index is 362. The van der Waals surface area contributed by atoms with Crippen LogP contribution in [0.4, 0.5) is 0 Å². The van der Waals surface area contributed by atoms with Gasteiger partial charge in [0.25, 0.3) is 0 Å². The molecule has 0 spiro atoms. The molecule has 130 valence electrons. The molecule has 0 aliphatic rings. The third-order valence-electron chi connectivity index (χ3n) is 3.91. The van der Waals surface area contributed by atoms with Crippen LogP contribution >= 0.6 is 0 Å². The number of ether oxygens (including phenoxy) is 2. The topological polar surface area (TPSA) is 72.8 Å². The zero-order valence-corrected chi connectivity index (χ0v) is 14.9. The van der Waals surface area contributed by atoms with Crippen molar-refractivity contribution in [1.29, 1.82) is 0 Å². The van der Waals surface area contributed by atoms with Gasteiger partial charge < -0.3 is 14.6 Å². The second kappa shape index (κ2) is 9.13. The monoisotopic (exact) mass is 316 g/mol. The summed E-state index contributed by atoms with van der Waals surface area (Å²) in [6.07, 6.45) is 1.73. The number of carbonyl (C=O) groups excluding carboxylic acids is 2. The molecule has 0 aromatic carbocycles. The molecule has 0 heterocycles. The first-order valence-corrected chi connectivity index (χ1v) is 8.04. The minimum absolute atomic E-state index is 0.0202. The first-order chi connectivity index (χ1) is 10.1. The number of carbonyl (C=O) groups is 2. The molecule has 0 aliphatic heterocycles. The molecule has 22 heavy (non-hydrogen) atoms. The van der Waals surface area contributed by atoms with E-state index in [1.165, 1.54) is 0 Å². The fourth-order valence-corrected chi connectivity index (χ4v) is 2.28. The molecule has 0 radical (unpaired) electrons. The first-order valence-electron chi connectivity index (χ1n) is 8.04. The molecule has 0 aliphatic carbocycles. The van der Waals surface area contributed by atoms with E-state index in [1.807, 2.05) is 6.92 Å². The molecule has 0 rings (SSSR count). The minimum Gasteiger partial charge on any atom is -0.465 e. The van der Waals surface area contributed by atoms with Gasteiger partial charge in [0.1, 0.15) is 6.61 Å². The predicted octanol–water partition coefficient (Wildman–Crippen LogP) is 2.94. The van der Waals surface area contributed by atoms with Gasteiger partial charge in [-0.1, -0.05) is 20.8 Å². The minimum atomic E-state index is -0.768. The van der Waals surface area contributed by atoms with Gasteiger partial charge in [0.05, 0.1) is 24.0 Å². The predicted molar refractivity (Wildman–Crippen MR) is 85.3 cm³/mol. The van der Waals surface area contributed by atoms with Crippen molar-refractivity contribution >= 4 is 11.9 Å². The Kier molecular flexibility index (Phi) is 8.68. The van der Waals surface area contributed by atoms with Gasteiger partial charge in [0.15, 0.2) is 0 Å². The molecular weight excluding hydrogens is 284 g/mol. The van der Waals surface area contributed by atoms with Crippen LogP contribution in [0.2, 0.25) is 0 Å². The summed E-state index contributed by atoms with van der Waals surface area (Å²) in [6.45, 7) is 11.6. The highest BCUT2D eigenvalue weighted by molar-refractivity contribution is 5.80. The summed E-state index contributed by atoms with van der Waals surface area (Å²) in [5, 5.41) is 8.76. The van der Waals surface area contributed by atoms with Crippen molar-refractivity contribution in [3.63, 3.8) is 0 Å². The fourth-order valence-electron chi connectivity index (χ4n) is 2.28. The van der Waals surface area contributed by atoms with Crippen LogP contribution in [0.5, 0.6) is 0 Å². The Labute approximate surface area is 134 Å². The molecule has 1 unspecified atom stereocenters. The number of aliphatic hydroxyl groups excluding tert-OH is 1. The van der Waals surface area contributed by atoms with E-state index in [1.54, 1.807) is 20.8 Å². The van der Waals surface area contributed by atoms with E-state index in [4.69, 9.17) is 14.6 Å². The molecule has 0 saturated carbocycles.